The molecule has 0 bridgehead atoms. The summed E-state index contributed by atoms with van der Waals surface area (Å²) in [5, 5.41) is 3.36. The molecule has 0 aromatic heterocycles. The average molecular weight is 227 g/mol. The van der Waals surface area contributed by atoms with Crippen molar-refractivity contribution in [2.75, 3.05) is 32.8 Å². The van der Waals surface area contributed by atoms with Crippen molar-refractivity contribution in [3.63, 3.8) is 0 Å². The van der Waals surface area contributed by atoms with Crippen molar-refractivity contribution >= 4 is 5.91 Å². The Morgan fingerprint density at radius 1 is 1.38 bits per heavy atom. The second-order valence-electron chi connectivity index (χ2n) is 4.63. The first kappa shape index (κ1) is 11.8. The summed E-state index contributed by atoms with van der Waals surface area (Å²) in [6.07, 6.45) is 2.68. The molecule has 0 aromatic rings. The van der Waals surface area contributed by atoms with E-state index in [-0.39, 0.29) is 5.91 Å². The highest BCUT2D eigenvalue weighted by Crippen LogP contribution is 2.17. The van der Waals surface area contributed by atoms with E-state index < -0.39 is 0 Å². The molecule has 1 aliphatic carbocycles. The molecule has 0 radical (unpaired) electrons. The highest BCUT2D eigenvalue weighted by Gasteiger charge is 2.25. The van der Waals surface area contributed by atoms with Crippen LogP contribution in [0.3, 0.4) is 0 Å². The fourth-order valence-corrected chi connectivity index (χ4v) is 2.18. The molecule has 0 unspecified atom stereocenters. The molecule has 5 heteroatoms. The van der Waals surface area contributed by atoms with E-state index in [1.165, 1.54) is 0 Å². The Labute approximate surface area is 96.3 Å². The van der Waals surface area contributed by atoms with Crippen LogP contribution in [0.25, 0.3) is 0 Å². The molecule has 2 aliphatic rings. The Bertz CT molecular complexity index is 235. The molecular weight excluding hydrogens is 206 g/mol. The van der Waals surface area contributed by atoms with Crippen LogP contribution in [0.2, 0.25) is 0 Å². The molecule has 3 N–H and O–H groups in total. The number of morpholine rings is 1. The summed E-state index contributed by atoms with van der Waals surface area (Å²) in [6.45, 7) is 3.61. The Hall–Kier alpha value is -0.650. The van der Waals surface area contributed by atoms with Gasteiger partial charge in [0.2, 0.25) is 5.91 Å². The van der Waals surface area contributed by atoms with Gasteiger partial charge in [0.15, 0.2) is 0 Å². The van der Waals surface area contributed by atoms with Gasteiger partial charge in [-0.2, -0.15) is 0 Å². The summed E-state index contributed by atoms with van der Waals surface area (Å²) in [5.41, 5.74) is 5.69. The van der Waals surface area contributed by atoms with E-state index >= 15 is 0 Å². The molecule has 0 spiro atoms. The second kappa shape index (κ2) is 5.61. The molecule has 0 atom stereocenters. The standard InChI is InChI=1S/C11H21N3O2/c12-9-7-10(8-9)13-2-1-11(15)14-3-5-16-6-4-14/h9-10,13H,1-8,12H2. The van der Waals surface area contributed by atoms with Crippen molar-refractivity contribution in [2.45, 2.75) is 31.3 Å². The quantitative estimate of drug-likeness (QED) is 0.667. The predicted molar refractivity (Wildman–Crippen MR) is 61.0 cm³/mol. The van der Waals surface area contributed by atoms with E-state index in [0.29, 0.717) is 31.7 Å². The van der Waals surface area contributed by atoms with Gasteiger partial charge in [0, 0.05) is 38.1 Å². The Morgan fingerprint density at radius 2 is 2.06 bits per heavy atom. The topological polar surface area (TPSA) is 67.6 Å². The number of hydrogen-bond acceptors (Lipinski definition) is 4. The molecule has 1 amide bonds. The second-order valence-corrected chi connectivity index (χ2v) is 4.63. The summed E-state index contributed by atoms with van der Waals surface area (Å²) in [5.74, 6) is 0.236. The van der Waals surface area contributed by atoms with Crippen molar-refractivity contribution in [3.8, 4) is 0 Å². The van der Waals surface area contributed by atoms with Crippen molar-refractivity contribution in [1.29, 1.82) is 0 Å². The zero-order chi connectivity index (χ0) is 11.4. The van der Waals surface area contributed by atoms with Gasteiger partial charge in [-0.25, -0.2) is 0 Å². The molecular formula is C11H21N3O2. The average Bonchev–Trinajstić information content (AvgIpc) is 2.27. The minimum Gasteiger partial charge on any atom is -0.378 e. The third-order valence-electron chi connectivity index (χ3n) is 3.31. The van der Waals surface area contributed by atoms with Crippen molar-refractivity contribution in [3.05, 3.63) is 0 Å². The van der Waals surface area contributed by atoms with Crippen LogP contribution >= 0.6 is 0 Å². The summed E-state index contributed by atoms with van der Waals surface area (Å²) in [7, 11) is 0. The van der Waals surface area contributed by atoms with E-state index in [4.69, 9.17) is 10.5 Å². The third kappa shape index (κ3) is 3.17. The lowest BCUT2D eigenvalue weighted by Crippen LogP contribution is -2.49. The number of nitrogens with zero attached hydrogens (tertiary/aromatic N) is 1. The van der Waals surface area contributed by atoms with Crippen LogP contribution in [0.5, 0.6) is 0 Å². The first-order valence-corrected chi connectivity index (χ1v) is 6.10. The van der Waals surface area contributed by atoms with Gasteiger partial charge in [0.25, 0.3) is 0 Å². The monoisotopic (exact) mass is 227 g/mol. The van der Waals surface area contributed by atoms with Gasteiger partial charge < -0.3 is 20.7 Å². The minimum absolute atomic E-state index is 0.236. The van der Waals surface area contributed by atoms with Crippen molar-refractivity contribution in [1.82, 2.24) is 10.2 Å². The molecule has 1 saturated heterocycles. The molecule has 92 valence electrons. The number of rotatable bonds is 4. The largest absolute Gasteiger partial charge is 0.378 e. The van der Waals surface area contributed by atoms with E-state index in [1.807, 2.05) is 4.90 Å². The Balaban J connectivity index is 1.56. The fraction of sp³-hybridized carbons (Fsp3) is 0.909. The number of hydrogen-bond donors (Lipinski definition) is 2. The van der Waals surface area contributed by atoms with Gasteiger partial charge in [0.05, 0.1) is 13.2 Å². The molecule has 2 rings (SSSR count). The van der Waals surface area contributed by atoms with Crippen LogP contribution in [-0.2, 0) is 9.53 Å². The zero-order valence-corrected chi connectivity index (χ0v) is 9.65. The van der Waals surface area contributed by atoms with Crippen LogP contribution in [-0.4, -0.2) is 55.7 Å². The van der Waals surface area contributed by atoms with Crippen LogP contribution in [0.15, 0.2) is 0 Å². The summed E-state index contributed by atoms with van der Waals surface area (Å²) < 4.78 is 5.21. The predicted octanol–water partition coefficient (Wildman–Crippen LogP) is -0.685. The van der Waals surface area contributed by atoms with Gasteiger partial charge in [0.1, 0.15) is 0 Å². The van der Waals surface area contributed by atoms with Gasteiger partial charge in [-0.15, -0.1) is 0 Å². The van der Waals surface area contributed by atoms with Crippen molar-refractivity contribution < 1.29 is 9.53 Å². The van der Waals surface area contributed by atoms with Gasteiger partial charge in [-0.3, -0.25) is 4.79 Å². The molecule has 1 aliphatic heterocycles. The smallest absolute Gasteiger partial charge is 0.224 e. The normalized spacial score (nSPS) is 29.9. The van der Waals surface area contributed by atoms with Crippen LogP contribution in [0, 0.1) is 0 Å². The SMILES string of the molecule is NC1CC(NCCC(=O)N2CCOCC2)C1. The van der Waals surface area contributed by atoms with E-state index in [0.717, 1.165) is 32.5 Å². The highest BCUT2D eigenvalue weighted by atomic mass is 16.5. The van der Waals surface area contributed by atoms with E-state index in [2.05, 4.69) is 5.32 Å². The number of ether oxygens (including phenoxy) is 1. The van der Waals surface area contributed by atoms with Gasteiger partial charge in [-0.1, -0.05) is 0 Å². The maximum absolute atomic E-state index is 11.8. The first-order chi connectivity index (χ1) is 7.75. The van der Waals surface area contributed by atoms with Crippen molar-refractivity contribution in [2.24, 2.45) is 5.73 Å². The Kier molecular flexibility index (Phi) is 4.15. The molecule has 0 aromatic carbocycles. The lowest BCUT2D eigenvalue weighted by Gasteiger charge is -2.33. The third-order valence-corrected chi connectivity index (χ3v) is 3.31. The maximum atomic E-state index is 11.8. The first-order valence-electron chi connectivity index (χ1n) is 6.10. The fourth-order valence-electron chi connectivity index (χ4n) is 2.18. The Morgan fingerprint density at radius 3 is 2.69 bits per heavy atom. The highest BCUT2D eigenvalue weighted by molar-refractivity contribution is 5.76. The van der Waals surface area contributed by atoms with Crippen LogP contribution in [0.1, 0.15) is 19.3 Å². The number of amides is 1. The summed E-state index contributed by atoms with van der Waals surface area (Å²) in [6, 6.07) is 0.903. The zero-order valence-electron chi connectivity index (χ0n) is 9.65. The molecule has 2 fully saturated rings. The lowest BCUT2D eigenvalue weighted by atomic mass is 9.88. The molecule has 1 saturated carbocycles. The molecule has 1 heterocycles. The number of carbonyl (C=O) groups is 1. The van der Waals surface area contributed by atoms with Gasteiger partial charge in [-0.05, 0) is 12.8 Å². The number of carbonyl (C=O) groups excluding carboxylic acids is 1. The molecule has 5 nitrogen and oxygen atoms in total. The van der Waals surface area contributed by atoms with Gasteiger partial charge >= 0.3 is 0 Å². The number of nitrogens with one attached hydrogen (secondary N) is 1. The minimum atomic E-state index is 0.236. The lowest BCUT2D eigenvalue weighted by molar-refractivity contribution is -0.135. The number of nitrogens with two attached hydrogens (primary N) is 1. The summed E-state index contributed by atoms with van der Waals surface area (Å²) >= 11 is 0. The van der Waals surface area contributed by atoms with Crippen LogP contribution in [0.4, 0.5) is 0 Å². The molecule has 16 heavy (non-hydrogen) atoms. The van der Waals surface area contributed by atoms with E-state index in [1.54, 1.807) is 0 Å². The van der Waals surface area contributed by atoms with Crippen LogP contribution < -0.4 is 11.1 Å². The maximum Gasteiger partial charge on any atom is 0.224 e. The summed E-state index contributed by atoms with van der Waals surface area (Å²) in [4.78, 5) is 13.6. The van der Waals surface area contributed by atoms with E-state index in [9.17, 15) is 4.79 Å².